The maximum absolute atomic E-state index is 6.33. The molecule has 52 heavy (non-hydrogen) atoms. The van der Waals surface area contributed by atoms with Crippen LogP contribution in [0, 0.1) is 6.92 Å². The van der Waals surface area contributed by atoms with Crippen LogP contribution in [-0.4, -0.2) is 0 Å². The van der Waals surface area contributed by atoms with Crippen molar-refractivity contribution < 1.29 is 0 Å². The minimum atomic E-state index is -0.0940. The predicted molar refractivity (Wildman–Crippen MR) is 227 cm³/mol. The van der Waals surface area contributed by atoms with Gasteiger partial charge in [-0.25, -0.2) is 0 Å². The van der Waals surface area contributed by atoms with E-state index < -0.39 is 0 Å². The average molecular weight is 707 g/mol. The fourth-order valence-corrected chi connectivity index (χ4v) is 9.98. The highest BCUT2D eigenvalue weighted by Crippen LogP contribution is 2.56. The van der Waals surface area contributed by atoms with Crippen LogP contribution < -0.4 is 0 Å². The van der Waals surface area contributed by atoms with E-state index in [0.717, 1.165) is 5.02 Å². The van der Waals surface area contributed by atoms with Gasteiger partial charge in [0.2, 0.25) is 0 Å². The van der Waals surface area contributed by atoms with E-state index in [0.29, 0.717) is 0 Å². The van der Waals surface area contributed by atoms with Gasteiger partial charge in [-0.3, -0.25) is 0 Å². The Hall–Kier alpha value is -3.61. The third kappa shape index (κ3) is 6.94. The average Bonchev–Trinajstić information content (AvgIpc) is 3.55. The number of hydrogen-bond acceptors (Lipinski definition) is 0. The van der Waals surface area contributed by atoms with Gasteiger partial charge in [-0.15, -0.1) is 0 Å². The molecule has 0 saturated heterocycles. The van der Waals surface area contributed by atoms with Crippen LogP contribution in [0.25, 0.3) is 44.5 Å². The summed E-state index contributed by atoms with van der Waals surface area (Å²) >= 11 is 6.33. The third-order valence-corrected chi connectivity index (χ3v) is 12.9. The molecule has 5 aromatic rings. The summed E-state index contributed by atoms with van der Waals surface area (Å²) in [7, 11) is 0. The van der Waals surface area contributed by atoms with Gasteiger partial charge in [-0.05, 0) is 122 Å². The van der Waals surface area contributed by atoms with Crippen molar-refractivity contribution in [2.45, 2.75) is 135 Å². The van der Waals surface area contributed by atoms with Crippen LogP contribution >= 0.6 is 11.6 Å². The van der Waals surface area contributed by atoms with E-state index in [4.69, 9.17) is 11.6 Å². The largest absolute Gasteiger partial charge is 0.0843 e. The van der Waals surface area contributed by atoms with E-state index in [1.54, 1.807) is 11.1 Å². The molecule has 0 saturated carbocycles. The molecule has 0 heterocycles. The van der Waals surface area contributed by atoms with Gasteiger partial charge in [-0.1, -0.05) is 183 Å². The molecule has 0 amide bonds. The molecule has 7 rings (SSSR count). The van der Waals surface area contributed by atoms with Crippen molar-refractivity contribution in [1.82, 2.24) is 0 Å². The van der Waals surface area contributed by atoms with Gasteiger partial charge >= 0.3 is 0 Å². The second-order valence-electron chi connectivity index (χ2n) is 16.5. The molecule has 2 aliphatic carbocycles. The van der Waals surface area contributed by atoms with E-state index in [9.17, 15) is 0 Å². The summed E-state index contributed by atoms with van der Waals surface area (Å²) in [5, 5.41) is 0.792. The second-order valence-corrected chi connectivity index (χ2v) is 17.0. The maximum Gasteiger partial charge on any atom is 0.0409 e. The van der Waals surface area contributed by atoms with Gasteiger partial charge in [0.05, 0.1) is 0 Å². The lowest BCUT2D eigenvalue weighted by atomic mass is 9.70. The Balaban J connectivity index is 1.23. The van der Waals surface area contributed by atoms with Crippen molar-refractivity contribution in [3.8, 4) is 44.5 Å². The van der Waals surface area contributed by atoms with Crippen LogP contribution in [0.1, 0.15) is 145 Å². The SMILES string of the molecule is CCCCCCCCC1(CCCCCCCC)c2ccccc2-c2ccc(-c3ccc4c(c3)C(C)(C)c3cc(-c5ccc(Cl)cc5C)ccc3-4)cc21. The highest BCUT2D eigenvalue weighted by atomic mass is 35.5. The Morgan fingerprint density at radius 3 is 1.50 bits per heavy atom. The predicted octanol–water partition coefficient (Wildman–Crippen LogP) is 16.1. The molecule has 0 aromatic heterocycles. The highest BCUT2D eigenvalue weighted by molar-refractivity contribution is 6.30. The van der Waals surface area contributed by atoms with Crippen LogP contribution in [0.2, 0.25) is 5.02 Å². The Morgan fingerprint density at radius 1 is 0.442 bits per heavy atom. The first kappa shape index (κ1) is 36.7. The molecule has 0 aliphatic heterocycles. The van der Waals surface area contributed by atoms with E-state index in [2.05, 4.69) is 126 Å². The van der Waals surface area contributed by atoms with Crippen molar-refractivity contribution in [3.63, 3.8) is 0 Å². The van der Waals surface area contributed by atoms with Crippen molar-refractivity contribution in [2.24, 2.45) is 0 Å². The maximum atomic E-state index is 6.33. The van der Waals surface area contributed by atoms with Gasteiger partial charge in [0.1, 0.15) is 0 Å². The van der Waals surface area contributed by atoms with Crippen LogP contribution in [0.3, 0.4) is 0 Å². The summed E-state index contributed by atoms with van der Waals surface area (Å²) in [4.78, 5) is 0. The van der Waals surface area contributed by atoms with Crippen molar-refractivity contribution in [2.75, 3.05) is 0 Å². The van der Waals surface area contributed by atoms with Crippen LogP contribution in [-0.2, 0) is 10.8 Å². The molecule has 0 radical (unpaired) electrons. The normalized spacial score (nSPS) is 14.6. The lowest BCUT2D eigenvalue weighted by Gasteiger charge is -2.33. The summed E-state index contributed by atoms with van der Waals surface area (Å²) in [5.41, 5.74) is 18.1. The zero-order valence-corrected chi connectivity index (χ0v) is 33.3. The first-order valence-corrected chi connectivity index (χ1v) is 21.0. The fraction of sp³-hybridized carbons (Fsp3) is 0.412. The quantitative estimate of drug-likeness (QED) is 0.0896. The Labute approximate surface area is 320 Å². The van der Waals surface area contributed by atoms with Crippen LogP contribution in [0.15, 0.2) is 97.1 Å². The summed E-state index contributed by atoms with van der Waals surface area (Å²) in [6, 6.07) is 37.5. The monoisotopic (exact) mass is 706 g/mol. The third-order valence-electron chi connectivity index (χ3n) is 12.7. The van der Waals surface area contributed by atoms with Gasteiger partial charge in [0.15, 0.2) is 0 Å². The molecule has 1 heteroatoms. The molecule has 0 bridgehead atoms. The number of fused-ring (bicyclic) bond motifs is 6. The molecule has 0 N–H and O–H groups in total. The van der Waals surface area contributed by atoms with E-state index in [-0.39, 0.29) is 10.8 Å². The summed E-state index contributed by atoms with van der Waals surface area (Å²) < 4.78 is 0. The molecule has 0 unspecified atom stereocenters. The summed E-state index contributed by atoms with van der Waals surface area (Å²) in [6.07, 6.45) is 18.6. The number of aryl methyl sites for hydroxylation is 1. The van der Waals surface area contributed by atoms with Gasteiger partial charge < -0.3 is 0 Å². The number of rotatable bonds is 16. The Morgan fingerprint density at radius 2 is 0.904 bits per heavy atom. The molecular weight excluding hydrogens is 648 g/mol. The Bertz CT molecular complexity index is 2010. The van der Waals surface area contributed by atoms with Crippen molar-refractivity contribution in [1.29, 1.82) is 0 Å². The van der Waals surface area contributed by atoms with Gasteiger partial charge in [0, 0.05) is 15.9 Å². The second kappa shape index (κ2) is 15.8. The number of benzene rings is 5. The molecular formula is C51H59Cl. The highest BCUT2D eigenvalue weighted by Gasteiger charge is 2.42. The van der Waals surface area contributed by atoms with E-state index >= 15 is 0 Å². The van der Waals surface area contributed by atoms with Gasteiger partial charge in [0.25, 0.3) is 0 Å². The van der Waals surface area contributed by atoms with Crippen molar-refractivity contribution >= 4 is 11.6 Å². The topological polar surface area (TPSA) is 0 Å². The first-order chi connectivity index (χ1) is 25.3. The number of unbranched alkanes of at least 4 members (excludes halogenated alkanes) is 10. The molecule has 0 fully saturated rings. The fourth-order valence-electron chi connectivity index (χ4n) is 9.75. The summed E-state index contributed by atoms with van der Waals surface area (Å²) in [5.74, 6) is 0. The van der Waals surface area contributed by atoms with Crippen molar-refractivity contribution in [3.05, 3.63) is 130 Å². The number of halogens is 1. The standard InChI is InChI=1S/C51H59Cl/c1-6-8-10-12-14-18-30-51(31-19-15-13-11-9-7-2)46-21-17-16-20-42(46)45-27-23-38(34-49(45)51)37-22-26-43-44-28-24-39(41-29-25-40(52)32-36(41)3)35-48(44)50(4,5)47(43)33-37/h16-17,20-29,32-35H,6-15,18-19,30-31H2,1-5H3. The number of hydrogen-bond donors (Lipinski definition) is 0. The summed E-state index contributed by atoms with van der Waals surface area (Å²) in [6.45, 7) is 11.6. The Kier molecular flexibility index (Phi) is 11.1. The van der Waals surface area contributed by atoms with Crippen LogP contribution in [0.4, 0.5) is 0 Å². The molecule has 0 nitrogen and oxygen atoms in total. The zero-order valence-electron chi connectivity index (χ0n) is 32.5. The van der Waals surface area contributed by atoms with Crippen LogP contribution in [0.5, 0.6) is 0 Å². The van der Waals surface area contributed by atoms with E-state index in [1.807, 2.05) is 6.07 Å². The smallest absolute Gasteiger partial charge is 0.0409 e. The first-order valence-electron chi connectivity index (χ1n) is 20.6. The van der Waals surface area contributed by atoms with Gasteiger partial charge in [-0.2, -0.15) is 0 Å². The molecule has 0 atom stereocenters. The van der Waals surface area contributed by atoms with E-state index in [1.165, 1.54) is 151 Å². The minimum Gasteiger partial charge on any atom is -0.0843 e. The molecule has 2 aliphatic rings. The molecule has 270 valence electrons. The molecule has 5 aromatic carbocycles. The minimum absolute atomic E-state index is 0.0940. The molecule has 0 spiro atoms. The lowest BCUT2D eigenvalue weighted by Crippen LogP contribution is -2.25. The zero-order chi connectivity index (χ0) is 36.3. The lowest BCUT2D eigenvalue weighted by molar-refractivity contribution is 0.398.